The van der Waals surface area contributed by atoms with Crippen LogP contribution in [0.3, 0.4) is 0 Å². The van der Waals surface area contributed by atoms with Crippen molar-refractivity contribution in [2.45, 2.75) is 0 Å². The van der Waals surface area contributed by atoms with Crippen LogP contribution in [0.25, 0.3) is 6.08 Å². The summed E-state index contributed by atoms with van der Waals surface area (Å²) in [5, 5.41) is 2.45. The minimum Gasteiger partial charge on any atom is -0.378 e. The molecule has 0 aliphatic rings. The molecule has 0 aromatic heterocycles. The van der Waals surface area contributed by atoms with Crippen molar-refractivity contribution in [2.75, 3.05) is 24.3 Å². The number of urea groups is 1. The van der Waals surface area contributed by atoms with Crippen molar-refractivity contribution >= 4 is 29.3 Å². The third kappa shape index (κ3) is 4.71. The highest BCUT2D eigenvalue weighted by Gasteiger charge is 2.03. The van der Waals surface area contributed by atoms with Crippen molar-refractivity contribution in [3.63, 3.8) is 0 Å². The van der Waals surface area contributed by atoms with Crippen LogP contribution in [-0.2, 0) is 0 Å². The first-order valence-corrected chi connectivity index (χ1v) is 7.12. The number of nitrogens with two attached hydrogens (primary N) is 1. The quantitative estimate of drug-likeness (QED) is 0.658. The number of anilines is 2. The van der Waals surface area contributed by atoms with Crippen LogP contribution in [0.1, 0.15) is 15.9 Å². The first kappa shape index (κ1) is 16.3. The SMILES string of the molecule is CN(C)c1ccc(/C=C/C(=O)c2ccc(NC(N)=O)cc2)cc1. The molecule has 0 aliphatic carbocycles. The van der Waals surface area contributed by atoms with Crippen LogP contribution < -0.4 is 16.0 Å². The molecule has 0 heterocycles. The van der Waals surface area contributed by atoms with Gasteiger partial charge in [0.2, 0.25) is 0 Å². The zero-order valence-corrected chi connectivity index (χ0v) is 13.1. The number of rotatable bonds is 5. The van der Waals surface area contributed by atoms with E-state index >= 15 is 0 Å². The molecule has 5 nitrogen and oxygen atoms in total. The average molecular weight is 309 g/mol. The maximum atomic E-state index is 12.1. The van der Waals surface area contributed by atoms with Crippen LogP contribution in [0, 0.1) is 0 Å². The van der Waals surface area contributed by atoms with Gasteiger partial charge in [-0.3, -0.25) is 4.79 Å². The van der Waals surface area contributed by atoms with Crippen molar-refractivity contribution in [3.05, 3.63) is 65.7 Å². The Labute approximate surface area is 135 Å². The predicted octanol–water partition coefficient (Wildman–Crippen LogP) is 3.14. The molecule has 0 radical (unpaired) electrons. The normalized spacial score (nSPS) is 10.5. The van der Waals surface area contributed by atoms with Gasteiger partial charge in [0.25, 0.3) is 0 Å². The number of amides is 2. The maximum absolute atomic E-state index is 12.1. The fourth-order valence-corrected chi connectivity index (χ4v) is 2.01. The number of carbonyl (C=O) groups is 2. The number of carbonyl (C=O) groups excluding carboxylic acids is 2. The molecule has 0 saturated carbocycles. The summed E-state index contributed by atoms with van der Waals surface area (Å²) in [6, 6.07) is 13.8. The van der Waals surface area contributed by atoms with E-state index in [1.807, 2.05) is 43.3 Å². The molecule has 3 N–H and O–H groups in total. The lowest BCUT2D eigenvalue weighted by molar-refractivity contribution is 0.104. The summed E-state index contributed by atoms with van der Waals surface area (Å²) >= 11 is 0. The highest BCUT2D eigenvalue weighted by atomic mass is 16.2. The summed E-state index contributed by atoms with van der Waals surface area (Å²) in [5.74, 6) is -0.104. The van der Waals surface area contributed by atoms with Gasteiger partial charge in [0.15, 0.2) is 5.78 Å². The standard InChI is InChI=1S/C18H19N3O2/c1-21(2)16-10-3-13(4-11-16)5-12-17(22)14-6-8-15(9-7-14)20-18(19)23/h3-12H,1-2H3,(H3,19,20,23)/b12-5+. The summed E-state index contributed by atoms with van der Waals surface area (Å²) in [6.07, 6.45) is 3.30. The van der Waals surface area contributed by atoms with Crippen molar-refractivity contribution in [2.24, 2.45) is 5.73 Å². The zero-order valence-electron chi connectivity index (χ0n) is 13.1. The monoisotopic (exact) mass is 309 g/mol. The number of hydrogen-bond acceptors (Lipinski definition) is 3. The van der Waals surface area contributed by atoms with Gasteiger partial charge < -0.3 is 16.0 Å². The Bertz CT molecular complexity index is 717. The highest BCUT2D eigenvalue weighted by molar-refractivity contribution is 6.07. The number of ketones is 1. The second-order valence-corrected chi connectivity index (χ2v) is 5.25. The average Bonchev–Trinajstić information content (AvgIpc) is 2.53. The molecule has 0 spiro atoms. The summed E-state index contributed by atoms with van der Waals surface area (Å²) in [5.41, 5.74) is 8.19. The Kier molecular flexibility index (Phi) is 5.15. The van der Waals surface area contributed by atoms with Crippen LogP contribution in [-0.4, -0.2) is 25.9 Å². The van der Waals surface area contributed by atoms with Gasteiger partial charge in [-0.2, -0.15) is 0 Å². The van der Waals surface area contributed by atoms with Gasteiger partial charge in [-0.25, -0.2) is 4.79 Å². The summed E-state index contributed by atoms with van der Waals surface area (Å²) in [7, 11) is 3.95. The third-order valence-corrected chi connectivity index (χ3v) is 3.27. The van der Waals surface area contributed by atoms with E-state index in [1.165, 1.54) is 6.08 Å². The topological polar surface area (TPSA) is 75.4 Å². The fraction of sp³-hybridized carbons (Fsp3) is 0.111. The van der Waals surface area contributed by atoms with Gasteiger partial charge in [-0.05, 0) is 48.0 Å². The van der Waals surface area contributed by atoms with Crippen molar-refractivity contribution in [1.29, 1.82) is 0 Å². The smallest absolute Gasteiger partial charge is 0.316 e. The van der Waals surface area contributed by atoms with Gasteiger partial charge >= 0.3 is 6.03 Å². The Morgan fingerprint density at radius 3 is 2.13 bits per heavy atom. The number of benzene rings is 2. The molecule has 2 aromatic carbocycles. The molecule has 23 heavy (non-hydrogen) atoms. The van der Waals surface area contributed by atoms with Crippen LogP contribution in [0.2, 0.25) is 0 Å². The number of hydrogen-bond donors (Lipinski definition) is 2. The Balaban J connectivity index is 2.04. The minimum absolute atomic E-state index is 0.104. The lowest BCUT2D eigenvalue weighted by Crippen LogP contribution is -2.19. The second-order valence-electron chi connectivity index (χ2n) is 5.25. The number of primary amides is 1. The first-order chi connectivity index (χ1) is 11.0. The van der Waals surface area contributed by atoms with Crippen molar-refractivity contribution in [3.8, 4) is 0 Å². The van der Waals surface area contributed by atoms with E-state index in [1.54, 1.807) is 30.3 Å². The van der Waals surface area contributed by atoms with Gasteiger partial charge in [-0.1, -0.05) is 18.2 Å². The van der Waals surface area contributed by atoms with Gasteiger partial charge in [0, 0.05) is 31.0 Å². The highest BCUT2D eigenvalue weighted by Crippen LogP contribution is 2.14. The van der Waals surface area contributed by atoms with E-state index in [-0.39, 0.29) is 5.78 Å². The van der Waals surface area contributed by atoms with E-state index in [0.717, 1.165) is 11.3 Å². The van der Waals surface area contributed by atoms with E-state index in [2.05, 4.69) is 5.32 Å². The molecule has 0 atom stereocenters. The van der Waals surface area contributed by atoms with E-state index in [0.29, 0.717) is 11.3 Å². The number of nitrogens with zero attached hydrogens (tertiary/aromatic N) is 1. The minimum atomic E-state index is -0.634. The fourth-order valence-electron chi connectivity index (χ4n) is 2.01. The van der Waals surface area contributed by atoms with E-state index < -0.39 is 6.03 Å². The molecular weight excluding hydrogens is 290 g/mol. The summed E-state index contributed by atoms with van der Waals surface area (Å²) in [6.45, 7) is 0. The third-order valence-electron chi connectivity index (χ3n) is 3.27. The van der Waals surface area contributed by atoms with E-state index in [4.69, 9.17) is 5.73 Å². The van der Waals surface area contributed by atoms with Crippen LogP contribution in [0.4, 0.5) is 16.2 Å². The molecule has 0 saturated heterocycles. The lowest BCUT2D eigenvalue weighted by atomic mass is 10.1. The summed E-state index contributed by atoms with van der Waals surface area (Å²) in [4.78, 5) is 24.9. The van der Waals surface area contributed by atoms with Gasteiger partial charge in [-0.15, -0.1) is 0 Å². The zero-order chi connectivity index (χ0) is 16.8. The van der Waals surface area contributed by atoms with Crippen molar-refractivity contribution < 1.29 is 9.59 Å². The Morgan fingerprint density at radius 1 is 1.00 bits per heavy atom. The summed E-state index contributed by atoms with van der Waals surface area (Å²) < 4.78 is 0. The molecule has 2 aromatic rings. The molecule has 2 amide bonds. The first-order valence-electron chi connectivity index (χ1n) is 7.12. The molecule has 0 fully saturated rings. The largest absolute Gasteiger partial charge is 0.378 e. The van der Waals surface area contributed by atoms with Crippen molar-refractivity contribution in [1.82, 2.24) is 0 Å². The number of allylic oxidation sites excluding steroid dienone is 1. The molecular formula is C18H19N3O2. The molecule has 0 bridgehead atoms. The van der Waals surface area contributed by atoms with Crippen LogP contribution in [0.15, 0.2) is 54.6 Å². The lowest BCUT2D eigenvalue weighted by Gasteiger charge is -2.11. The van der Waals surface area contributed by atoms with Gasteiger partial charge in [0.1, 0.15) is 0 Å². The Morgan fingerprint density at radius 2 is 1.61 bits per heavy atom. The van der Waals surface area contributed by atoms with Gasteiger partial charge in [0.05, 0.1) is 0 Å². The molecule has 5 heteroatoms. The molecule has 0 unspecified atom stereocenters. The molecule has 2 rings (SSSR count). The van der Waals surface area contributed by atoms with Crippen LogP contribution >= 0.6 is 0 Å². The number of nitrogens with one attached hydrogen (secondary N) is 1. The predicted molar refractivity (Wildman–Crippen MR) is 93.8 cm³/mol. The van der Waals surface area contributed by atoms with Crippen LogP contribution in [0.5, 0.6) is 0 Å². The second kappa shape index (κ2) is 7.26. The van der Waals surface area contributed by atoms with E-state index in [9.17, 15) is 9.59 Å². The molecule has 118 valence electrons. The Hall–Kier alpha value is -3.08. The maximum Gasteiger partial charge on any atom is 0.316 e. The molecule has 0 aliphatic heterocycles.